The third kappa shape index (κ3) is 4.92. The highest BCUT2D eigenvalue weighted by atomic mass is 32.1. The molecule has 15 heavy (non-hydrogen) atoms. The summed E-state index contributed by atoms with van der Waals surface area (Å²) in [5, 5.41) is 23.0. The molecule has 84 valence electrons. The van der Waals surface area contributed by atoms with Gasteiger partial charge in [0.05, 0.1) is 0 Å². The summed E-state index contributed by atoms with van der Waals surface area (Å²) in [6, 6.07) is 3.78. The zero-order valence-electron chi connectivity index (χ0n) is 8.35. The van der Waals surface area contributed by atoms with Gasteiger partial charge in [-0.2, -0.15) is 0 Å². The van der Waals surface area contributed by atoms with Gasteiger partial charge >= 0.3 is 5.97 Å². The molecule has 0 spiro atoms. The molecular weight excluding hydrogens is 214 g/mol. The van der Waals surface area contributed by atoms with Crippen LogP contribution in [0.4, 0.5) is 0 Å². The molecule has 0 bridgehead atoms. The predicted octanol–water partition coefficient (Wildman–Crippen LogP) is 1.24. The topological polar surface area (TPSA) is 69.6 Å². The Hall–Kier alpha value is -0.910. The van der Waals surface area contributed by atoms with E-state index in [1.807, 2.05) is 17.5 Å². The van der Waals surface area contributed by atoms with Crippen molar-refractivity contribution in [2.24, 2.45) is 0 Å². The SMILES string of the molecule is O=C(O)CCCNCC(O)c1cccs1. The van der Waals surface area contributed by atoms with E-state index in [1.165, 1.54) is 11.3 Å². The summed E-state index contributed by atoms with van der Waals surface area (Å²) in [5.41, 5.74) is 0. The first-order valence-corrected chi connectivity index (χ1v) is 5.72. The van der Waals surface area contributed by atoms with Crippen LogP contribution in [0.15, 0.2) is 17.5 Å². The highest BCUT2D eigenvalue weighted by molar-refractivity contribution is 7.10. The molecule has 4 nitrogen and oxygen atoms in total. The fourth-order valence-corrected chi connectivity index (χ4v) is 1.90. The van der Waals surface area contributed by atoms with Gasteiger partial charge < -0.3 is 15.5 Å². The molecule has 3 N–H and O–H groups in total. The van der Waals surface area contributed by atoms with E-state index in [2.05, 4.69) is 5.32 Å². The van der Waals surface area contributed by atoms with Crippen LogP contribution in [-0.2, 0) is 4.79 Å². The smallest absolute Gasteiger partial charge is 0.303 e. The maximum atomic E-state index is 10.2. The van der Waals surface area contributed by atoms with Gasteiger partial charge in [0, 0.05) is 17.8 Å². The summed E-state index contributed by atoms with van der Waals surface area (Å²) in [7, 11) is 0. The molecule has 0 saturated carbocycles. The minimum atomic E-state index is -0.782. The van der Waals surface area contributed by atoms with Crippen molar-refractivity contribution in [1.29, 1.82) is 0 Å². The van der Waals surface area contributed by atoms with E-state index in [4.69, 9.17) is 5.11 Å². The zero-order chi connectivity index (χ0) is 11.1. The average molecular weight is 229 g/mol. The van der Waals surface area contributed by atoms with Crippen LogP contribution >= 0.6 is 11.3 Å². The zero-order valence-corrected chi connectivity index (χ0v) is 9.17. The first kappa shape index (κ1) is 12.2. The molecule has 1 heterocycles. The van der Waals surface area contributed by atoms with Crippen LogP contribution in [0.25, 0.3) is 0 Å². The number of rotatable bonds is 7. The fraction of sp³-hybridized carbons (Fsp3) is 0.500. The predicted molar refractivity (Wildman–Crippen MR) is 59.0 cm³/mol. The van der Waals surface area contributed by atoms with Gasteiger partial charge in [0.1, 0.15) is 6.10 Å². The van der Waals surface area contributed by atoms with Crippen molar-refractivity contribution in [3.63, 3.8) is 0 Å². The number of nitrogens with one attached hydrogen (secondary N) is 1. The van der Waals surface area contributed by atoms with Crippen LogP contribution in [0.3, 0.4) is 0 Å². The Bertz CT molecular complexity index is 287. The summed E-state index contributed by atoms with van der Waals surface area (Å²) < 4.78 is 0. The summed E-state index contributed by atoms with van der Waals surface area (Å²) >= 11 is 1.52. The monoisotopic (exact) mass is 229 g/mol. The molecule has 0 aliphatic rings. The van der Waals surface area contributed by atoms with Crippen LogP contribution < -0.4 is 5.32 Å². The Balaban J connectivity index is 2.08. The number of carboxylic acids is 1. The molecule has 0 saturated heterocycles. The summed E-state index contributed by atoms with van der Waals surface area (Å²) in [6.45, 7) is 1.09. The molecular formula is C10H15NO3S. The molecule has 0 radical (unpaired) electrons. The Kier molecular flexibility index (Phi) is 5.31. The minimum Gasteiger partial charge on any atom is -0.481 e. The minimum absolute atomic E-state index is 0.169. The lowest BCUT2D eigenvalue weighted by Gasteiger charge is -2.09. The standard InChI is InChI=1S/C10H15NO3S/c12-8(9-3-2-6-15-9)7-11-5-1-4-10(13)14/h2-3,6,8,11-12H,1,4-5,7H2,(H,13,14). The maximum Gasteiger partial charge on any atom is 0.303 e. The number of aliphatic hydroxyl groups is 1. The van der Waals surface area contributed by atoms with Gasteiger partial charge in [-0.3, -0.25) is 4.79 Å². The Labute approximate surface area is 92.6 Å². The van der Waals surface area contributed by atoms with Crippen molar-refractivity contribution in [3.05, 3.63) is 22.4 Å². The van der Waals surface area contributed by atoms with Crippen LogP contribution in [0, 0.1) is 0 Å². The average Bonchev–Trinajstić information content (AvgIpc) is 2.69. The van der Waals surface area contributed by atoms with Crippen molar-refractivity contribution in [2.75, 3.05) is 13.1 Å². The van der Waals surface area contributed by atoms with Gasteiger partial charge in [0.15, 0.2) is 0 Å². The molecule has 5 heteroatoms. The van der Waals surface area contributed by atoms with Crippen LogP contribution in [0.5, 0.6) is 0 Å². The molecule has 0 fully saturated rings. The Morgan fingerprint density at radius 3 is 3.00 bits per heavy atom. The molecule has 0 aliphatic heterocycles. The van der Waals surface area contributed by atoms with E-state index >= 15 is 0 Å². The quantitative estimate of drug-likeness (QED) is 0.615. The second kappa shape index (κ2) is 6.55. The molecule has 0 aliphatic carbocycles. The molecule has 1 aromatic rings. The van der Waals surface area contributed by atoms with Gasteiger partial charge in [-0.1, -0.05) is 6.07 Å². The Morgan fingerprint density at radius 1 is 1.60 bits per heavy atom. The number of carbonyl (C=O) groups is 1. The van der Waals surface area contributed by atoms with Crippen molar-refractivity contribution in [2.45, 2.75) is 18.9 Å². The first-order valence-electron chi connectivity index (χ1n) is 4.84. The Morgan fingerprint density at radius 2 is 2.40 bits per heavy atom. The second-order valence-corrected chi connectivity index (χ2v) is 4.21. The van der Waals surface area contributed by atoms with Crippen molar-refractivity contribution < 1.29 is 15.0 Å². The summed E-state index contributed by atoms with van der Waals surface area (Å²) in [5.74, 6) is -0.782. The van der Waals surface area contributed by atoms with Gasteiger partial charge in [-0.15, -0.1) is 11.3 Å². The third-order valence-electron chi connectivity index (χ3n) is 1.95. The summed E-state index contributed by atoms with van der Waals surface area (Å²) in [6.07, 6.45) is 0.268. The summed E-state index contributed by atoms with van der Waals surface area (Å²) in [4.78, 5) is 11.1. The number of carboxylic acid groups (broad SMARTS) is 1. The number of hydrogen-bond donors (Lipinski definition) is 3. The van der Waals surface area contributed by atoms with Gasteiger partial charge in [0.2, 0.25) is 0 Å². The second-order valence-electron chi connectivity index (χ2n) is 3.23. The number of aliphatic carboxylic acids is 1. The number of aliphatic hydroxyl groups excluding tert-OH is 1. The first-order chi connectivity index (χ1) is 7.20. The highest BCUT2D eigenvalue weighted by Crippen LogP contribution is 2.17. The van der Waals surface area contributed by atoms with Crippen molar-refractivity contribution in [1.82, 2.24) is 5.32 Å². The number of hydrogen-bond acceptors (Lipinski definition) is 4. The molecule has 0 aromatic carbocycles. The fourth-order valence-electron chi connectivity index (χ4n) is 1.18. The molecule has 1 aromatic heterocycles. The van der Waals surface area contributed by atoms with Gasteiger partial charge in [0.25, 0.3) is 0 Å². The normalized spacial score (nSPS) is 12.6. The number of thiophene rings is 1. The molecule has 1 unspecified atom stereocenters. The van der Waals surface area contributed by atoms with Crippen molar-refractivity contribution in [3.8, 4) is 0 Å². The third-order valence-corrected chi connectivity index (χ3v) is 2.93. The van der Waals surface area contributed by atoms with Crippen LogP contribution in [0.2, 0.25) is 0 Å². The molecule has 0 amide bonds. The largest absolute Gasteiger partial charge is 0.481 e. The van der Waals surface area contributed by atoms with Gasteiger partial charge in [-0.25, -0.2) is 0 Å². The van der Waals surface area contributed by atoms with Gasteiger partial charge in [-0.05, 0) is 24.4 Å². The lowest BCUT2D eigenvalue weighted by Crippen LogP contribution is -2.22. The van der Waals surface area contributed by atoms with Crippen molar-refractivity contribution >= 4 is 17.3 Å². The lowest BCUT2D eigenvalue weighted by atomic mass is 10.2. The van der Waals surface area contributed by atoms with Crippen LogP contribution in [-0.4, -0.2) is 29.3 Å². The maximum absolute atomic E-state index is 10.2. The van der Waals surface area contributed by atoms with E-state index in [0.717, 1.165) is 4.88 Å². The van der Waals surface area contributed by atoms with E-state index in [0.29, 0.717) is 19.5 Å². The van der Waals surface area contributed by atoms with E-state index in [-0.39, 0.29) is 6.42 Å². The van der Waals surface area contributed by atoms with E-state index in [1.54, 1.807) is 0 Å². The van der Waals surface area contributed by atoms with Crippen LogP contribution in [0.1, 0.15) is 23.8 Å². The molecule has 1 atom stereocenters. The van der Waals surface area contributed by atoms with E-state index in [9.17, 15) is 9.90 Å². The molecule has 1 rings (SSSR count). The van der Waals surface area contributed by atoms with E-state index < -0.39 is 12.1 Å². The highest BCUT2D eigenvalue weighted by Gasteiger charge is 2.07. The lowest BCUT2D eigenvalue weighted by molar-refractivity contribution is -0.137.